The number of rotatable bonds is 9. The van der Waals surface area contributed by atoms with Crippen LogP contribution < -0.4 is 5.32 Å². The van der Waals surface area contributed by atoms with Crippen LogP contribution in [0.4, 0.5) is 0 Å². The Kier molecular flexibility index (Phi) is 8.30. The Morgan fingerprint density at radius 3 is 2.10 bits per heavy atom. The van der Waals surface area contributed by atoms with Crippen LogP contribution >= 0.6 is 0 Å². The number of fused-ring (bicyclic) bond motifs is 1. The van der Waals surface area contributed by atoms with Crippen LogP contribution in [0.3, 0.4) is 0 Å². The van der Waals surface area contributed by atoms with Crippen molar-refractivity contribution in [2.24, 2.45) is 0 Å². The fraction of sp³-hybridized carbons (Fsp3) is 0.323. The van der Waals surface area contributed by atoms with Crippen LogP contribution in [-0.2, 0) is 32.6 Å². The van der Waals surface area contributed by atoms with Crippen LogP contribution in [-0.4, -0.2) is 54.0 Å². The molecule has 1 atom stereocenters. The Labute approximate surface area is 235 Å². The lowest BCUT2D eigenvalue weighted by atomic mass is 9.94. The molecule has 0 bridgehead atoms. The number of hydrogen-bond donors (Lipinski definition) is 1. The van der Waals surface area contributed by atoms with E-state index in [2.05, 4.69) is 5.32 Å². The highest BCUT2D eigenvalue weighted by Gasteiger charge is 2.43. The predicted molar refractivity (Wildman–Crippen MR) is 151 cm³/mol. The van der Waals surface area contributed by atoms with Gasteiger partial charge < -0.3 is 10.2 Å². The second-order valence-corrected chi connectivity index (χ2v) is 12.2. The molecule has 1 N–H and O–H groups in total. The van der Waals surface area contributed by atoms with E-state index in [1.54, 1.807) is 12.1 Å². The average molecular weight is 560 g/mol. The molecule has 3 aromatic carbocycles. The lowest BCUT2D eigenvalue weighted by molar-refractivity contribution is -0.141. The minimum atomic E-state index is -4.19. The summed E-state index contributed by atoms with van der Waals surface area (Å²) in [4.78, 5) is 42.3. The van der Waals surface area contributed by atoms with Gasteiger partial charge in [-0.25, -0.2) is 12.7 Å². The summed E-state index contributed by atoms with van der Waals surface area (Å²) >= 11 is 0. The van der Waals surface area contributed by atoms with Crippen molar-refractivity contribution in [2.75, 3.05) is 6.54 Å². The summed E-state index contributed by atoms with van der Waals surface area (Å²) < 4.78 is 27.1. The molecule has 2 aliphatic rings. The Bertz CT molecular complexity index is 1470. The van der Waals surface area contributed by atoms with Crippen molar-refractivity contribution in [1.82, 2.24) is 14.5 Å². The van der Waals surface area contributed by atoms with Crippen LogP contribution in [0.2, 0.25) is 0 Å². The second kappa shape index (κ2) is 12.0. The number of benzene rings is 3. The maximum Gasteiger partial charge on any atom is 0.269 e. The minimum Gasteiger partial charge on any atom is -0.352 e. The SMILES string of the molecule is O=C(NC1CCCCC1)[C@H](Cc1ccccc1)N(Cc1ccccc1)C(=O)CN1C(=O)c2ccccc2S1(=O)=O. The van der Waals surface area contributed by atoms with Crippen molar-refractivity contribution in [3.8, 4) is 0 Å². The summed E-state index contributed by atoms with van der Waals surface area (Å²) in [5, 5.41) is 3.16. The van der Waals surface area contributed by atoms with Gasteiger partial charge >= 0.3 is 0 Å². The molecule has 1 saturated carbocycles. The Morgan fingerprint density at radius 1 is 0.850 bits per heavy atom. The number of hydrogen-bond acceptors (Lipinski definition) is 5. The van der Waals surface area contributed by atoms with Crippen LogP contribution in [0, 0.1) is 0 Å². The highest BCUT2D eigenvalue weighted by atomic mass is 32.2. The number of sulfonamides is 1. The van der Waals surface area contributed by atoms with Gasteiger partial charge in [-0.05, 0) is 36.1 Å². The molecule has 0 radical (unpaired) electrons. The van der Waals surface area contributed by atoms with E-state index in [1.165, 1.54) is 17.0 Å². The van der Waals surface area contributed by atoms with E-state index < -0.39 is 34.4 Å². The molecule has 9 heteroatoms. The molecule has 1 heterocycles. The second-order valence-electron chi connectivity index (χ2n) is 10.4. The molecule has 5 rings (SSSR count). The standard InChI is InChI=1S/C31H33N3O5S/c35-29(22-34-31(37)26-18-10-11-19-28(26)40(34,38)39)33(21-24-14-6-2-7-15-24)27(20-23-12-4-1-5-13-23)30(36)32-25-16-8-3-9-17-25/h1-2,4-7,10-15,18-19,25,27H,3,8-9,16-17,20-22H2,(H,32,36)/t27-/m0/s1. The molecule has 1 aliphatic heterocycles. The maximum absolute atomic E-state index is 14.0. The molecule has 0 spiro atoms. The lowest BCUT2D eigenvalue weighted by Gasteiger charge is -2.34. The van der Waals surface area contributed by atoms with E-state index in [0.29, 0.717) is 4.31 Å². The number of nitrogens with one attached hydrogen (secondary N) is 1. The molecule has 3 aromatic rings. The first-order valence-electron chi connectivity index (χ1n) is 13.7. The molecule has 1 fully saturated rings. The quantitative estimate of drug-likeness (QED) is 0.428. The zero-order valence-electron chi connectivity index (χ0n) is 22.2. The molecule has 3 amide bonds. The predicted octanol–water partition coefficient (Wildman–Crippen LogP) is 3.92. The summed E-state index contributed by atoms with van der Waals surface area (Å²) in [6, 6.07) is 23.8. The molecule has 40 heavy (non-hydrogen) atoms. The van der Waals surface area contributed by atoms with Gasteiger partial charge in [0.25, 0.3) is 15.9 Å². The molecule has 1 aliphatic carbocycles. The van der Waals surface area contributed by atoms with Crippen LogP contribution in [0.25, 0.3) is 0 Å². The number of carbonyl (C=O) groups excluding carboxylic acids is 3. The molecular weight excluding hydrogens is 526 g/mol. The summed E-state index contributed by atoms with van der Waals surface area (Å²) in [7, 11) is -4.19. The van der Waals surface area contributed by atoms with E-state index >= 15 is 0 Å². The van der Waals surface area contributed by atoms with Gasteiger partial charge in [0.15, 0.2) is 0 Å². The topological polar surface area (TPSA) is 104 Å². The van der Waals surface area contributed by atoms with Crippen molar-refractivity contribution < 1.29 is 22.8 Å². The largest absolute Gasteiger partial charge is 0.352 e. The minimum absolute atomic E-state index is 0.0308. The third-order valence-electron chi connectivity index (χ3n) is 7.61. The molecule has 0 unspecified atom stereocenters. The third-order valence-corrected chi connectivity index (χ3v) is 9.40. The first-order valence-corrected chi connectivity index (χ1v) is 15.1. The summed E-state index contributed by atoms with van der Waals surface area (Å²) in [5.74, 6) is -1.64. The van der Waals surface area contributed by atoms with Gasteiger partial charge in [-0.2, -0.15) is 0 Å². The van der Waals surface area contributed by atoms with Gasteiger partial charge in [-0.15, -0.1) is 0 Å². The number of carbonyl (C=O) groups is 3. The van der Waals surface area contributed by atoms with Gasteiger partial charge in [-0.3, -0.25) is 14.4 Å². The lowest BCUT2D eigenvalue weighted by Crippen LogP contribution is -2.55. The van der Waals surface area contributed by atoms with E-state index in [0.717, 1.165) is 43.2 Å². The van der Waals surface area contributed by atoms with E-state index in [9.17, 15) is 22.8 Å². The molecule has 8 nitrogen and oxygen atoms in total. The van der Waals surface area contributed by atoms with E-state index in [4.69, 9.17) is 0 Å². The first kappa shape index (κ1) is 27.6. The summed E-state index contributed by atoms with van der Waals surface area (Å²) in [6.07, 6.45) is 5.23. The van der Waals surface area contributed by atoms with Crippen LogP contribution in [0.15, 0.2) is 89.8 Å². The fourth-order valence-electron chi connectivity index (χ4n) is 5.48. The third kappa shape index (κ3) is 5.94. The summed E-state index contributed by atoms with van der Waals surface area (Å²) in [6.45, 7) is -0.602. The van der Waals surface area contributed by atoms with Gasteiger partial charge in [0.2, 0.25) is 11.8 Å². The monoisotopic (exact) mass is 559 g/mol. The molecule has 0 saturated heterocycles. The maximum atomic E-state index is 14.0. The normalized spacial score (nSPS) is 17.2. The van der Waals surface area contributed by atoms with Crippen molar-refractivity contribution in [2.45, 2.75) is 62.0 Å². The zero-order chi connectivity index (χ0) is 28.1. The van der Waals surface area contributed by atoms with Crippen LogP contribution in [0.1, 0.15) is 53.6 Å². The zero-order valence-corrected chi connectivity index (χ0v) is 23.1. The van der Waals surface area contributed by atoms with Crippen molar-refractivity contribution >= 4 is 27.7 Å². The number of amides is 3. The Morgan fingerprint density at radius 2 is 1.45 bits per heavy atom. The van der Waals surface area contributed by atoms with Crippen molar-refractivity contribution in [3.05, 3.63) is 102 Å². The Balaban J connectivity index is 1.48. The number of nitrogens with zero attached hydrogens (tertiary/aromatic N) is 2. The van der Waals surface area contributed by atoms with Gasteiger partial charge in [0.05, 0.1) is 5.56 Å². The summed E-state index contributed by atoms with van der Waals surface area (Å²) in [5.41, 5.74) is 1.70. The molecular formula is C31H33N3O5S. The van der Waals surface area contributed by atoms with Crippen molar-refractivity contribution in [1.29, 1.82) is 0 Å². The van der Waals surface area contributed by atoms with E-state index in [1.807, 2.05) is 60.7 Å². The van der Waals surface area contributed by atoms with Gasteiger partial charge in [0.1, 0.15) is 17.5 Å². The van der Waals surface area contributed by atoms with Gasteiger partial charge in [-0.1, -0.05) is 92.1 Å². The molecule has 0 aromatic heterocycles. The van der Waals surface area contributed by atoms with Gasteiger partial charge in [0, 0.05) is 19.0 Å². The Hall–Kier alpha value is -3.98. The molecule has 208 valence electrons. The fourth-order valence-corrected chi connectivity index (χ4v) is 7.00. The highest BCUT2D eigenvalue weighted by Crippen LogP contribution is 2.30. The van der Waals surface area contributed by atoms with E-state index in [-0.39, 0.29) is 35.4 Å². The smallest absolute Gasteiger partial charge is 0.269 e. The first-order chi connectivity index (χ1) is 19.3. The van der Waals surface area contributed by atoms with Crippen LogP contribution in [0.5, 0.6) is 0 Å². The highest BCUT2D eigenvalue weighted by molar-refractivity contribution is 7.90. The average Bonchev–Trinajstić information content (AvgIpc) is 3.17. The van der Waals surface area contributed by atoms with Crippen molar-refractivity contribution in [3.63, 3.8) is 0 Å².